The Kier molecular flexibility index (Phi) is 6.01. The van der Waals surface area contributed by atoms with Crippen molar-refractivity contribution in [1.82, 2.24) is 0 Å². The number of hydrogen-bond acceptors (Lipinski definition) is 4. The molecule has 0 unspecified atom stereocenters. The second-order valence-corrected chi connectivity index (χ2v) is 7.18. The molecule has 0 heterocycles. The number of unbranched alkanes of at least 4 members (excludes halogenated alkanes) is 1. The van der Waals surface area contributed by atoms with Crippen LogP contribution in [0.5, 0.6) is 0 Å². The van der Waals surface area contributed by atoms with Crippen molar-refractivity contribution in [2.45, 2.75) is 33.1 Å². The summed E-state index contributed by atoms with van der Waals surface area (Å²) in [5.41, 5.74) is 7.77. The van der Waals surface area contributed by atoms with Gasteiger partial charge in [0.1, 0.15) is 0 Å². The highest BCUT2D eigenvalue weighted by Gasteiger charge is 2.13. The number of carbonyl (C=O) groups is 1. The normalized spacial score (nSPS) is 11.3. The number of sulfone groups is 1. The Balaban J connectivity index is 2.52. The molecule has 1 aromatic carbocycles. The van der Waals surface area contributed by atoms with Crippen LogP contribution >= 0.6 is 0 Å². The summed E-state index contributed by atoms with van der Waals surface area (Å²) in [6, 6.07) is 5.17. The van der Waals surface area contributed by atoms with E-state index in [1.807, 2.05) is 13.8 Å². The van der Waals surface area contributed by atoms with E-state index in [2.05, 4.69) is 5.32 Å². The third-order valence-electron chi connectivity index (χ3n) is 2.97. The first kappa shape index (κ1) is 16.5. The minimum Gasteiger partial charge on any atom is -0.399 e. The van der Waals surface area contributed by atoms with Crippen LogP contribution in [-0.4, -0.2) is 25.8 Å². The molecule has 0 spiro atoms. The van der Waals surface area contributed by atoms with Crippen molar-refractivity contribution >= 4 is 27.1 Å². The van der Waals surface area contributed by atoms with Crippen LogP contribution in [0, 0.1) is 6.92 Å². The van der Waals surface area contributed by atoms with E-state index in [9.17, 15) is 13.2 Å². The van der Waals surface area contributed by atoms with Gasteiger partial charge in [0.25, 0.3) is 0 Å². The molecule has 0 bridgehead atoms. The van der Waals surface area contributed by atoms with Gasteiger partial charge in [0.15, 0.2) is 9.84 Å². The Morgan fingerprint density at radius 2 is 2.00 bits per heavy atom. The number of benzene rings is 1. The lowest BCUT2D eigenvalue weighted by Crippen LogP contribution is -2.19. The molecule has 1 amide bonds. The zero-order valence-corrected chi connectivity index (χ0v) is 12.8. The van der Waals surface area contributed by atoms with Crippen molar-refractivity contribution in [2.75, 3.05) is 22.6 Å². The van der Waals surface area contributed by atoms with Crippen LogP contribution in [0.25, 0.3) is 0 Å². The fourth-order valence-corrected chi connectivity index (χ4v) is 3.18. The lowest BCUT2D eigenvalue weighted by Gasteiger charge is -2.09. The summed E-state index contributed by atoms with van der Waals surface area (Å²) >= 11 is 0. The zero-order chi connectivity index (χ0) is 15.2. The second kappa shape index (κ2) is 7.28. The number of nitrogens with two attached hydrogens (primary N) is 1. The number of carbonyl (C=O) groups excluding carboxylic acids is 1. The summed E-state index contributed by atoms with van der Waals surface area (Å²) in [5, 5.41) is 2.71. The van der Waals surface area contributed by atoms with Crippen LogP contribution < -0.4 is 11.1 Å². The molecule has 0 fully saturated rings. The van der Waals surface area contributed by atoms with Gasteiger partial charge in [0.2, 0.25) is 5.91 Å². The van der Waals surface area contributed by atoms with E-state index in [1.54, 1.807) is 18.2 Å². The maximum atomic E-state index is 11.8. The van der Waals surface area contributed by atoms with E-state index >= 15 is 0 Å². The van der Waals surface area contributed by atoms with Gasteiger partial charge in [-0.05, 0) is 37.1 Å². The van der Waals surface area contributed by atoms with Crippen LogP contribution in [0.2, 0.25) is 0 Å². The van der Waals surface area contributed by atoms with Gasteiger partial charge >= 0.3 is 0 Å². The number of aryl methyl sites for hydroxylation is 1. The van der Waals surface area contributed by atoms with Gasteiger partial charge in [0, 0.05) is 17.8 Å². The fourth-order valence-electron chi connectivity index (χ4n) is 1.75. The Morgan fingerprint density at radius 3 is 2.60 bits per heavy atom. The average molecular weight is 298 g/mol. The molecule has 0 atom stereocenters. The van der Waals surface area contributed by atoms with E-state index in [1.165, 1.54) is 0 Å². The Morgan fingerprint density at radius 1 is 1.30 bits per heavy atom. The van der Waals surface area contributed by atoms with Gasteiger partial charge in [-0.1, -0.05) is 13.3 Å². The topological polar surface area (TPSA) is 89.3 Å². The van der Waals surface area contributed by atoms with Crippen molar-refractivity contribution < 1.29 is 13.2 Å². The zero-order valence-electron chi connectivity index (χ0n) is 12.0. The Labute approximate surface area is 120 Å². The molecule has 0 saturated carbocycles. The van der Waals surface area contributed by atoms with Crippen molar-refractivity contribution in [3.05, 3.63) is 23.8 Å². The lowest BCUT2D eigenvalue weighted by molar-refractivity contribution is -0.115. The van der Waals surface area contributed by atoms with Gasteiger partial charge in [-0.25, -0.2) is 8.42 Å². The monoisotopic (exact) mass is 298 g/mol. The Bertz CT molecular complexity index is 568. The number of anilines is 2. The average Bonchev–Trinajstić information content (AvgIpc) is 2.38. The number of nitrogens with one attached hydrogen (secondary N) is 1. The van der Waals surface area contributed by atoms with Crippen LogP contribution in [0.4, 0.5) is 11.4 Å². The summed E-state index contributed by atoms with van der Waals surface area (Å²) in [6.45, 7) is 3.77. The van der Waals surface area contributed by atoms with Crippen molar-refractivity contribution in [3.63, 3.8) is 0 Å². The highest BCUT2D eigenvalue weighted by Crippen LogP contribution is 2.17. The molecule has 0 aliphatic rings. The van der Waals surface area contributed by atoms with Crippen LogP contribution in [0.1, 0.15) is 31.7 Å². The van der Waals surface area contributed by atoms with Crippen molar-refractivity contribution in [3.8, 4) is 0 Å². The fraction of sp³-hybridized carbons (Fsp3) is 0.500. The summed E-state index contributed by atoms with van der Waals surface area (Å²) < 4.78 is 23.3. The standard InChI is InChI=1S/C14H22N2O3S/c1-3-4-8-20(18,19)9-7-14(17)16-13-6-5-12(15)10-11(13)2/h5-6,10H,3-4,7-9,15H2,1-2H3,(H,16,17). The molecule has 0 aromatic heterocycles. The van der Waals surface area contributed by atoms with Gasteiger partial charge in [0.05, 0.1) is 11.5 Å². The van der Waals surface area contributed by atoms with Gasteiger partial charge < -0.3 is 11.1 Å². The molecule has 1 rings (SSSR count). The van der Waals surface area contributed by atoms with Crippen molar-refractivity contribution in [2.24, 2.45) is 0 Å². The Hall–Kier alpha value is -1.56. The molecule has 1 aromatic rings. The molecular weight excluding hydrogens is 276 g/mol. The number of rotatable bonds is 7. The smallest absolute Gasteiger partial charge is 0.225 e. The van der Waals surface area contributed by atoms with E-state index in [-0.39, 0.29) is 23.8 Å². The van der Waals surface area contributed by atoms with Crippen molar-refractivity contribution in [1.29, 1.82) is 0 Å². The number of hydrogen-bond donors (Lipinski definition) is 2. The van der Waals surface area contributed by atoms with E-state index in [0.29, 0.717) is 17.8 Å². The number of amides is 1. The molecule has 112 valence electrons. The third kappa shape index (κ3) is 5.61. The van der Waals surface area contributed by atoms with Crippen LogP contribution in [0.15, 0.2) is 18.2 Å². The molecular formula is C14H22N2O3S. The SMILES string of the molecule is CCCCS(=O)(=O)CCC(=O)Nc1ccc(N)cc1C. The largest absolute Gasteiger partial charge is 0.399 e. The van der Waals surface area contributed by atoms with E-state index in [0.717, 1.165) is 12.0 Å². The van der Waals surface area contributed by atoms with Crippen LogP contribution in [0.3, 0.4) is 0 Å². The molecule has 5 nitrogen and oxygen atoms in total. The molecule has 20 heavy (non-hydrogen) atoms. The quantitative estimate of drug-likeness (QED) is 0.755. The lowest BCUT2D eigenvalue weighted by atomic mass is 10.2. The molecule has 3 N–H and O–H groups in total. The minimum atomic E-state index is -3.13. The van der Waals surface area contributed by atoms with E-state index in [4.69, 9.17) is 5.73 Å². The van der Waals surface area contributed by atoms with Gasteiger partial charge in [-0.15, -0.1) is 0 Å². The first-order chi connectivity index (χ1) is 9.34. The highest BCUT2D eigenvalue weighted by molar-refractivity contribution is 7.91. The molecule has 6 heteroatoms. The number of nitrogen functional groups attached to an aromatic ring is 1. The maximum absolute atomic E-state index is 11.8. The summed E-state index contributed by atoms with van der Waals surface area (Å²) in [6.07, 6.45) is 1.45. The first-order valence-electron chi connectivity index (χ1n) is 6.70. The van der Waals surface area contributed by atoms with E-state index < -0.39 is 9.84 Å². The predicted octanol–water partition coefficient (Wildman–Crippen LogP) is 2.12. The maximum Gasteiger partial charge on any atom is 0.225 e. The van der Waals surface area contributed by atoms with Gasteiger partial charge in [-0.3, -0.25) is 4.79 Å². The van der Waals surface area contributed by atoms with Crippen LogP contribution in [-0.2, 0) is 14.6 Å². The molecule has 0 aliphatic carbocycles. The highest BCUT2D eigenvalue weighted by atomic mass is 32.2. The first-order valence-corrected chi connectivity index (χ1v) is 8.52. The summed E-state index contributed by atoms with van der Waals surface area (Å²) in [5.74, 6) is -0.247. The second-order valence-electron chi connectivity index (χ2n) is 4.88. The minimum absolute atomic E-state index is 0.0180. The van der Waals surface area contributed by atoms with Gasteiger partial charge in [-0.2, -0.15) is 0 Å². The third-order valence-corrected chi connectivity index (χ3v) is 4.71. The summed E-state index contributed by atoms with van der Waals surface area (Å²) in [7, 11) is -3.13. The molecule has 0 aliphatic heterocycles. The molecule has 0 saturated heterocycles. The molecule has 0 radical (unpaired) electrons. The summed E-state index contributed by atoms with van der Waals surface area (Å²) in [4.78, 5) is 11.8. The predicted molar refractivity (Wildman–Crippen MR) is 82.4 cm³/mol.